The van der Waals surface area contributed by atoms with E-state index in [2.05, 4.69) is 32.0 Å². The third-order valence-electron chi connectivity index (χ3n) is 3.84. The second-order valence-corrected chi connectivity index (χ2v) is 6.43. The lowest BCUT2D eigenvalue weighted by Crippen LogP contribution is -2.21. The van der Waals surface area contributed by atoms with E-state index in [4.69, 9.17) is 0 Å². The molecule has 18 heavy (non-hydrogen) atoms. The Hall–Kier alpha value is -0.650. The minimum absolute atomic E-state index is 0.358. The van der Waals surface area contributed by atoms with Gasteiger partial charge in [0.15, 0.2) is 0 Å². The van der Waals surface area contributed by atoms with Crippen molar-refractivity contribution < 1.29 is 5.11 Å². The first-order valence-electron chi connectivity index (χ1n) is 7.12. The standard InChI is InChI=1S/C16H23OP/c1-3-12-8-7-9-13(4-2)15(12)16(17)18-14-10-5-6-11-14/h7-9,14,17H,3-6,10-11H2,1-2H3/p-1. The van der Waals surface area contributed by atoms with Crippen molar-refractivity contribution in [2.24, 2.45) is 0 Å². The summed E-state index contributed by atoms with van der Waals surface area (Å²) in [6.45, 7) is 4.27. The smallest absolute Gasteiger partial charge is 0.0000723 e. The highest BCUT2D eigenvalue weighted by molar-refractivity contribution is 7.41. The van der Waals surface area contributed by atoms with Crippen molar-refractivity contribution in [1.82, 2.24) is 0 Å². The van der Waals surface area contributed by atoms with Crippen LogP contribution in [0.25, 0.3) is 0 Å². The molecule has 0 bridgehead atoms. The second-order valence-electron chi connectivity index (χ2n) is 5.03. The van der Waals surface area contributed by atoms with Gasteiger partial charge in [-0.05, 0) is 48.0 Å². The van der Waals surface area contributed by atoms with Crippen LogP contribution < -0.4 is 5.11 Å². The topological polar surface area (TPSA) is 23.1 Å². The maximum absolute atomic E-state index is 12.5. The van der Waals surface area contributed by atoms with Gasteiger partial charge in [0.2, 0.25) is 0 Å². The first-order valence-corrected chi connectivity index (χ1v) is 8.08. The van der Waals surface area contributed by atoms with E-state index in [0.29, 0.717) is 11.1 Å². The van der Waals surface area contributed by atoms with Crippen LogP contribution in [0.4, 0.5) is 0 Å². The van der Waals surface area contributed by atoms with Crippen LogP contribution >= 0.6 is 8.20 Å². The van der Waals surface area contributed by atoms with Crippen molar-refractivity contribution >= 4 is 13.7 Å². The van der Waals surface area contributed by atoms with Crippen LogP contribution in [-0.2, 0) is 12.8 Å². The number of hydrogen-bond acceptors (Lipinski definition) is 1. The Balaban J connectivity index is 2.35. The summed E-state index contributed by atoms with van der Waals surface area (Å²) < 4.78 is 0. The van der Waals surface area contributed by atoms with Gasteiger partial charge in [-0.25, -0.2) is 0 Å². The minimum Gasteiger partial charge on any atom is -0.824 e. The average molecular weight is 261 g/mol. The Morgan fingerprint density at radius 1 is 1.17 bits per heavy atom. The zero-order chi connectivity index (χ0) is 13.0. The number of aryl methyl sites for hydroxylation is 2. The molecule has 2 rings (SSSR count). The molecule has 0 amide bonds. The SMILES string of the molecule is CCc1cccc(CC)c1C([O-])=PC1CCCC1. The van der Waals surface area contributed by atoms with Crippen LogP contribution in [0.2, 0.25) is 0 Å². The van der Waals surface area contributed by atoms with E-state index in [1.807, 2.05) is 0 Å². The predicted octanol–water partition coefficient (Wildman–Crippen LogP) is 3.54. The minimum atomic E-state index is 0.358. The van der Waals surface area contributed by atoms with E-state index in [-0.39, 0.29) is 0 Å². The first kappa shape index (κ1) is 13.8. The number of rotatable bonds is 4. The fourth-order valence-electron chi connectivity index (χ4n) is 2.78. The molecule has 1 fully saturated rings. The van der Waals surface area contributed by atoms with Crippen LogP contribution in [0.15, 0.2) is 18.2 Å². The van der Waals surface area contributed by atoms with Gasteiger partial charge in [-0.1, -0.05) is 44.9 Å². The zero-order valence-corrected chi connectivity index (χ0v) is 12.3. The van der Waals surface area contributed by atoms with E-state index in [1.165, 1.54) is 36.8 Å². The lowest BCUT2D eigenvalue weighted by atomic mass is 9.98. The largest absolute Gasteiger partial charge is 0.824 e. The lowest BCUT2D eigenvalue weighted by Gasteiger charge is -2.21. The highest BCUT2D eigenvalue weighted by Gasteiger charge is 2.13. The third kappa shape index (κ3) is 3.02. The van der Waals surface area contributed by atoms with Gasteiger partial charge in [0.05, 0.1) is 0 Å². The Morgan fingerprint density at radius 2 is 1.72 bits per heavy atom. The molecule has 1 aromatic rings. The Kier molecular flexibility index (Phi) is 4.97. The predicted molar refractivity (Wildman–Crippen MR) is 78.5 cm³/mol. The summed E-state index contributed by atoms with van der Waals surface area (Å²) >= 11 is 0. The van der Waals surface area contributed by atoms with E-state index >= 15 is 0 Å². The molecule has 1 aromatic carbocycles. The van der Waals surface area contributed by atoms with Gasteiger partial charge in [-0.2, -0.15) is 0 Å². The third-order valence-corrected chi connectivity index (χ3v) is 5.18. The van der Waals surface area contributed by atoms with E-state index < -0.39 is 0 Å². The molecule has 0 unspecified atom stereocenters. The molecular weight excluding hydrogens is 239 g/mol. The normalized spacial score (nSPS) is 17.4. The van der Waals surface area contributed by atoms with Crippen molar-refractivity contribution in [1.29, 1.82) is 0 Å². The zero-order valence-electron chi connectivity index (χ0n) is 11.4. The van der Waals surface area contributed by atoms with Crippen molar-refractivity contribution in [3.63, 3.8) is 0 Å². The molecule has 0 aliphatic heterocycles. The second kappa shape index (κ2) is 6.50. The number of hydrogen-bond donors (Lipinski definition) is 0. The Morgan fingerprint density at radius 3 is 2.22 bits per heavy atom. The summed E-state index contributed by atoms with van der Waals surface area (Å²) in [5, 5.41) is 12.5. The summed E-state index contributed by atoms with van der Waals surface area (Å²) in [5.41, 5.74) is 4.45. The van der Waals surface area contributed by atoms with Crippen LogP contribution in [0.1, 0.15) is 56.2 Å². The van der Waals surface area contributed by atoms with Gasteiger partial charge in [0, 0.05) is 0 Å². The highest BCUT2D eigenvalue weighted by atomic mass is 31.1. The molecule has 0 atom stereocenters. The molecule has 1 saturated carbocycles. The van der Waals surface area contributed by atoms with Gasteiger partial charge in [0.1, 0.15) is 0 Å². The Bertz CT molecular complexity index is 408. The monoisotopic (exact) mass is 261 g/mol. The van der Waals surface area contributed by atoms with Gasteiger partial charge in [-0.15, -0.1) is 13.7 Å². The fourth-order valence-corrected chi connectivity index (χ4v) is 4.15. The molecule has 0 aromatic heterocycles. The molecule has 0 spiro atoms. The molecule has 0 radical (unpaired) electrons. The van der Waals surface area contributed by atoms with Gasteiger partial charge < -0.3 is 5.11 Å². The van der Waals surface area contributed by atoms with Crippen molar-refractivity contribution in [3.05, 3.63) is 34.9 Å². The molecule has 2 heteroatoms. The molecule has 1 nitrogen and oxygen atoms in total. The first-order chi connectivity index (χ1) is 8.76. The lowest BCUT2D eigenvalue weighted by molar-refractivity contribution is -0.207. The summed E-state index contributed by atoms with van der Waals surface area (Å²) in [4.78, 5) is 0. The van der Waals surface area contributed by atoms with Crippen LogP contribution in [0.3, 0.4) is 0 Å². The fraction of sp³-hybridized carbons (Fsp3) is 0.562. The highest BCUT2D eigenvalue weighted by Crippen LogP contribution is 2.31. The number of benzene rings is 1. The van der Waals surface area contributed by atoms with Crippen LogP contribution in [0, 0.1) is 0 Å². The van der Waals surface area contributed by atoms with E-state index in [1.54, 1.807) is 0 Å². The summed E-state index contributed by atoms with van der Waals surface area (Å²) in [6, 6.07) is 6.30. The molecule has 98 valence electrons. The van der Waals surface area contributed by atoms with Crippen LogP contribution in [-0.4, -0.2) is 11.1 Å². The van der Waals surface area contributed by atoms with Crippen molar-refractivity contribution in [3.8, 4) is 0 Å². The average Bonchev–Trinajstić information content (AvgIpc) is 2.90. The molecule has 1 aliphatic rings. The quantitative estimate of drug-likeness (QED) is 0.760. The van der Waals surface area contributed by atoms with Gasteiger partial charge in [0.25, 0.3) is 0 Å². The molecule has 0 N–H and O–H groups in total. The summed E-state index contributed by atoms with van der Waals surface area (Å²) in [7, 11) is 1.04. The maximum atomic E-state index is 12.5. The van der Waals surface area contributed by atoms with E-state index in [0.717, 1.165) is 26.6 Å². The maximum Gasteiger partial charge on any atom is -0.0000723 e. The molecule has 0 saturated heterocycles. The van der Waals surface area contributed by atoms with Gasteiger partial charge >= 0.3 is 0 Å². The summed E-state index contributed by atoms with van der Waals surface area (Å²) in [6.07, 6.45) is 7.00. The van der Waals surface area contributed by atoms with Crippen molar-refractivity contribution in [2.45, 2.75) is 58.0 Å². The van der Waals surface area contributed by atoms with Crippen molar-refractivity contribution in [2.75, 3.05) is 0 Å². The molecular formula is C16H22OP-. The van der Waals surface area contributed by atoms with E-state index in [9.17, 15) is 5.11 Å². The van der Waals surface area contributed by atoms with Gasteiger partial charge in [-0.3, -0.25) is 0 Å². The molecule has 0 heterocycles. The Labute approximate surface area is 112 Å². The van der Waals surface area contributed by atoms with Crippen LogP contribution in [0.5, 0.6) is 0 Å². The summed E-state index contributed by atoms with van der Waals surface area (Å²) in [5.74, 6) is 0. The molecule has 1 aliphatic carbocycles.